The maximum absolute atomic E-state index is 13.2. The molecule has 7 nitrogen and oxygen atoms in total. The zero-order valence-electron chi connectivity index (χ0n) is 15.2. The van der Waals surface area contributed by atoms with Gasteiger partial charge in [0.25, 0.3) is 0 Å². The van der Waals surface area contributed by atoms with E-state index in [1.807, 2.05) is 11.5 Å². The van der Waals surface area contributed by atoms with Gasteiger partial charge in [-0.2, -0.15) is 0 Å². The third-order valence-electron chi connectivity index (χ3n) is 3.70. The Morgan fingerprint density at radius 1 is 1.28 bits per heavy atom. The molecule has 1 aromatic carbocycles. The summed E-state index contributed by atoms with van der Waals surface area (Å²) in [6.07, 6.45) is 1.46. The Kier molecular flexibility index (Phi) is 7.29. The van der Waals surface area contributed by atoms with Gasteiger partial charge in [0.1, 0.15) is 24.0 Å². The maximum Gasteiger partial charge on any atom is 0.236 e. The van der Waals surface area contributed by atoms with Crippen LogP contribution in [-0.2, 0) is 17.9 Å². The molecule has 0 bridgehead atoms. The molecular weight excluding hydrogens is 440 g/mol. The minimum absolute atomic E-state index is 0.0168. The molecule has 2 aromatic heterocycles. The highest BCUT2D eigenvalue weighted by Crippen LogP contribution is 2.23. The lowest BCUT2D eigenvalue weighted by Gasteiger charge is -2.09. The molecule has 29 heavy (non-hydrogen) atoms. The fourth-order valence-corrected chi connectivity index (χ4v) is 3.43. The number of thioether (sulfide) groups is 1. The van der Waals surface area contributed by atoms with Crippen molar-refractivity contribution in [1.82, 2.24) is 19.7 Å². The van der Waals surface area contributed by atoms with Crippen molar-refractivity contribution in [2.75, 3.05) is 11.1 Å². The third kappa shape index (κ3) is 5.81. The highest BCUT2D eigenvalue weighted by Gasteiger charge is 2.14. The summed E-state index contributed by atoms with van der Waals surface area (Å²) < 4.78 is 20.7. The van der Waals surface area contributed by atoms with Crippen LogP contribution in [0, 0.1) is 5.82 Å². The third-order valence-corrected chi connectivity index (χ3v) is 5.18. The van der Waals surface area contributed by atoms with Gasteiger partial charge in [-0.05, 0) is 31.2 Å². The van der Waals surface area contributed by atoms with E-state index in [0.29, 0.717) is 34.1 Å². The van der Waals surface area contributed by atoms with Crippen LogP contribution < -0.4 is 10.1 Å². The molecule has 0 aliphatic carbocycles. The Morgan fingerprint density at radius 2 is 2.10 bits per heavy atom. The molecule has 0 radical (unpaired) electrons. The molecule has 1 amide bonds. The molecule has 11 heteroatoms. The normalized spacial score (nSPS) is 10.8. The van der Waals surface area contributed by atoms with E-state index in [4.69, 9.17) is 27.9 Å². The first-order valence-electron chi connectivity index (χ1n) is 8.50. The van der Waals surface area contributed by atoms with E-state index in [1.165, 1.54) is 36.2 Å². The second kappa shape index (κ2) is 9.91. The Bertz CT molecular complexity index is 1000. The smallest absolute Gasteiger partial charge is 0.236 e. The number of hydrogen-bond donors (Lipinski definition) is 1. The van der Waals surface area contributed by atoms with Crippen molar-refractivity contribution in [3.63, 3.8) is 0 Å². The number of anilines is 1. The van der Waals surface area contributed by atoms with Gasteiger partial charge < -0.3 is 14.6 Å². The van der Waals surface area contributed by atoms with E-state index in [0.717, 1.165) is 0 Å². The van der Waals surface area contributed by atoms with Crippen LogP contribution in [0.25, 0.3) is 0 Å². The molecular formula is C18H16Cl2FN5O2S. The number of carbonyl (C=O) groups excluding carboxylic acids is 1. The molecule has 0 fully saturated rings. The predicted octanol–water partition coefficient (Wildman–Crippen LogP) is 4.45. The van der Waals surface area contributed by atoms with Crippen molar-refractivity contribution in [1.29, 1.82) is 0 Å². The minimum Gasteiger partial charge on any atom is -0.486 e. The zero-order chi connectivity index (χ0) is 20.8. The second-order valence-corrected chi connectivity index (χ2v) is 7.49. The summed E-state index contributed by atoms with van der Waals surface area (Å²) in [5, 5.41) is 12.0. The van der Waals surface area contributed by atoms with E-state index < -0.39 is 5.82 Å². The molecule has 1 N–H and O–H groups in total. The molecule has 0 aliphatic heterocycles. The lowest BCUT2D eigenvalue weighted by Crippen LogP contribution is -2.15. The van der Waals surface area contributed by atoms with Crippen molar-refractivity contribution >= 4 is 46.7 Å². The zero-order valence-corrected chi connectivity index (χ0v) is 17.6. The first-order chi connectivity index (χ1) is 14.0. The number of carbonyl (C=O) groups is 1. The fourth-order valence-electron chi connectivity index (χ4n) is 2.32. The standard InChI is InChI=1S/C18H16Cl2FN5O2S/c1-2-26-16(9-28-12-4-5-14(21)13(20)7-12)24-25-18(26)29-10-17(27)23-15-6-3-11(19)8-22-15/h3-8H,2,9-10H2,1H3,(H,22,23,27). The van der Waals surface area contributed by atoms with Crippen LogP contribution in [0.15, 0.2) is 41.7 Å². The number of benzene rings is 1. The van der Waals surface area contributed by atoms with Crippen molar-refractivity contribution in [2.24, 2.45) is 0 Å². The quantitative estimate of drug-likeness (QED) is 0.505. The molecule has 0 spiro atoms. The van der Waals surface area contributed by atoms with Gasteiger partial charge >= 0.3 is 0 Å². The highest BCUT2D eigenvalue weighted by molar-refractivity contribution is 7.99. The van der Waals surface area contributed by atoms with Crippen molar-refractivity contribution in [3.05, 3.63) is 58.2 Å². The Morgan fingerprint density at radius 3 is 2.79 bits per heavy atom. The van der Waals surface area contributed by atoms with Crippen LogP contribution in [-0.4, -0.2) is 31.4 Å². The molecule has 0 saturated heterocycles. The average Bonchev–Trinajstić information content (AvgIpc) is 3.11. The lowest BCUT2D eigenvalue weighted by molar-refractivity contribution is -0.113. The van der Waals surface area contributed by atoms with E-state index in [9.17, 15) is 9.18 Å². The van der Waals surface area contributed by atoms with Crippen LogP contribution in [0.1, 0.15) is 12.7 Å². The van der Waals surface area contributed by atoms with Crippen LogP contribution in [0.5, 0.6) is 5.75 Å². The molecule has 152 valence electrons. The summed E-state index contributed by atoms with van der Waals surface area (Å²) in [5.74, 6) is 0.817. The van der Waals surface area contributed by atoms with E-state index in [1.54, 1.807) is 12.1 Å². The summed E-state index contributed by atoms with van der Waals surface area (Å²) in [6, 6.07) is 7.38. The summed E-state index contributed by atoms with van der Waals surface area (Å²) in [4.78, 5) is 16.1. The number of ether oxygens (including phenoxy) is 1. The van der Waals surface area contributed by atoms with Gasteiger partial charge in [0.2, 0.25) is 5.91 Å². The van der Waals surface area contributed by atoms with Crippen molar-refractivity contribution < 1.29 is 13.9 Å². The fraction of sp³-hybridized carbons (Fsp3) is 0.222. The lowest BCUT2D eigenvalue weighted by atomic mass is 10.3. The number of nitrogens with one attached hydrogen (secondary N) is 1. The number of pyridine rings is 1. The highest BCUT2D eigenvalue weighted by atomic mass is 35.5. The van der Waals surface area contributed by atoms with Gasteiger partial charge in [-0.3, -0.25) is 4.79 Å². The average molecular weight is 456 g/mol. The largest absolute Gasteiger partial charge is 0.486 e. The predicted molar refractivity (Wildman–Crippen MR) is 110 cm³/mol. The Labute approximate surface area is 180 Å². The van der Waals surface area contributed by atoms with Gasteiger partial charge in [0, 0.05) is 18.8 Å². The molecule has 3 aromatic rings. The number of nitrogens with zero attached hydrogens (tertiary/aromatic N) is 4. The maximum atomic E-state index is 13.2. The first kappa shape index (κ1) is 21.4. The summed E-state index contributed by atoms with van der Waals surface area (Å²) in [6.45, 7) is 2.66. The second-order valence-electron chi connectivity index (χ2n) is 5.71. The minimum atomic E-state index is -0.512. The SMILES string of the molecule is CCn1c(COc2ccc(F)c(Cl)c2)nnc1SCC(=O)Nc1ccc(Cl)cn1. The van der Waals surface area contributed by atoms with Crippen LogP contribution in [0.4, 0.5) is 10.2 Å². The van der Waals surface area contributed by atoms with Crippen LogP contribution in [0.2, 0.25) is 10.0 Å². The van der Waals surface area contributed by atoms with Crippen LogP contribution in [0.3, 0.4) is 0 Å². The molecule has 0 atom stereocenters. The van der Waals surface area contributed by atoms with Crippen LogP contribution >= 0.6 is 35.0 Å². The number of rotatable bonds is 8. The Balaban J connectivity index is 1.57. The molecule has 3 rings (SSSR count). The molecule has 0 saturated carbocycles. The number of hydrogen-bond acceptors (Lipinski definition) is 6. The van der Waals surface area contributed by atoms with Gasteiger partial charge in [-0.25, -0.2) is 9.37 Å². The Hall–Kier alpha value is -2.36. The number of aromatic nitrogens is 4. The summed E-state index contributed by atoms with van der Waals surface area (Å²) in [5.41, 5.74) is 0. The monoisotopic (exact) mass is 455 g/mol. The van der Waals surface area contributed by atoms with Gasteiger partial charge in [-0.15, -0.1) is 10.2 Å². The number of amides is 1. The first-order valence-corrected chi connectivity index (χ1v) is 10.2. The topological polar surface area (TPSA) is 81.9 Å². The number of halogens is 3. The van der Waals surface area contributed by atoms with E-state index >= 15 is 0 Å². The van der Waals surface area contributed by atoms with E-state index in [-0.39, 0.29) is 23.3 Å². The van der Waals surface area contributed by atoms with Crippen molar-refractivity contribution in [3.8, 4) is 5.75 Å². The van der Waals surface area contributed by atoms with Gasteiger partial charge in [-0.1, -0.05) is 35.0 Å². The van der Waals surface area contributed by atoms with Gasteiger partial charge in [0.15, 0.2) is 11.0 Å². The molecule has 0 aliphatic rings. The van der Waals surface area contributed by atoms with Gasteiger partial charge in [0.05, 0.1) is 15.8 Å². The van der Waals surface area contributed by atoms with E-state index in [2.05, 4.69) is 20.5 Å². The molecule has 2 heterocycles. The molecule has 0 unspecified atom stereocenters. The summed E-state index contributed by atoms with van der Waals surface area (Å²) in [7, 11) is 0. The summed E-state index contributed by atoms with van der Waals surface area (Å²) >= 11 is 12.8. The van der Waals surface area contributed by atoms with Crippen molar-refractivity contribution in [2.45, 2.75) is 25.2 Å².